The molecule has 0 unspecified atom stereocenters. The van der Waals surface area contributed by atoms with Crippen molar-refractivity contribution in [3.05, 3.63) is 71.3 Å². The Kier molecular flexibility index (Phi) is 1.46. The molecule has 78 valence electrons. The fourth-order valence-electron chi connectivity index (χ4n) is 2.90. The lowest BCUT2D eigenvalue weighted by atomic mass is 9.95. The molecule has 1 aliphatic heterocycles. The van der Waals surface area contributed by atoms with Gasteiger partial charge < -0.3 is 4.74 Å². The van der Waals surface area contributed by atoms with Gasteiger partial charge in [0.2, 0.25) is 0 Å². The molecule has 0 spiro atoms. The highest BCUT2D eigenvalue weighted by molar-refractivity contribution is 5.47. The van der Waals surface area contributed by atoms with Crippen molar-refractivity contribution < 1.29 is 4.74 Å². The van der Waals surface area contributed by atoms with Gasteiger partial charge in [-0.3, -0.25) is 0 Å². The van der Waals surface area contributed by atoms with Gasteiger partial charge in [-0.25, -0.2) is 0 Å². The molecule has 1 nitrogen and oxygen atoms in total. The molecule has 4 rings (SSSR count). The second-order valence-corrected chi connectivity index (χ2v) is 4.63. The van der Waals surface area contributed by atoms with Crippen molar-refractivity contribution >= 4 is 0 Å². The lowest BCUT2D eigenvalue weighted by Crippen LogP contribution is -2.08. The summed E-state index contributed by atoms with van der Waals surface area (Å²) in [4.78, 5) is 0. The zero-order chi connectivity index (χ0) is 10.6. The summed E-state index contributed by atoms with van der Waals surface area (Å²) >= 11 is 0. The molecular weight excluding hydrogens is 196 g/mol. The van der Waals surface area contributed by atoms with E-state index in [-0.39, 0.29) is 5.60 Å². The average Bonchev–Trinajstić information content (AvgIpc) is 2.99. The minimum atomic E-state index is -0.0368. The van der Waals surface area contributed by atoms with Crippen LogP contribution in [-0.4, -0.2) is 0 Å². The molecular formula is C15H12O. The molecule has 16 heavy (non-hydrogen) atoms. The molecule has 1 saturated heterocycles. The van der Waals surface area contributed by atoms with Crippen molar-refractivity contribution in [2.75, 3.05) is 0 Å². The van der Waals surface area contributed by atoms with E-state index < -0.39 is 0 Å². The third-order valence-electron chi connectivity index (χ3n) is 3.75. The smallest absolute Gasteiger partial charge is 0.128 e. The lowest BCUT2D eigenvalue weighted by molar-refractivity contribution is 0.285. The number of benzene rings is 2. The molecule has 0 aromatic heterocycles. The first kappa shape index (κ1) is 8.54. The van der Waals surface area contributed by atoms with Crippen LogP contribution in [0.15, 0.2) is 54.6 Å². The van der Waals surface area contributed by atoms with E-state index in [1.54, 1.807) is 0 Å². The van der Waals surface area contributed by atoms with Crippen LogP contribution in [0.2, 0.25) is 0 Å². The summed E-state index contributed by atoms with van der Waals surface area (Å²) in [5.41, 5.74) is 4.11. The highest BCUT2D eigenvalue weighted by atomic mass is 16.6. The Hall–Kier alpha value is -1.60. The zero-order valence-electron chi connectivity index (χ0n) is 8.89. The minimum absolute atomic E-state index is 0.0368. The Morgan fingerprint density at radius 2 is 1.69 bits per heavy atom. The van der Waals surface area contributed by atoms with E-state index in [1.165, 1.54) is 16.7 Å². The van der Waals surface area contributed by atoms with Crippen LogP contribution in [0.4, 0.5) is 0 Å². The lowest BCUT2D eigenvalue weighted by Gasteiger charge is -2.08. The number of hydrogen-bond donors (Lipinski definition) is 0. The van der Waals surface area contributed by atoms with Crippen molar-refractivity contribution in [1.82, 2.24) is 0 Å². The Morgan fingerprint density at radius 1 is 0.938 bits per heavy atom. The maximum atomic E-state index is 5.95. The van der Waals surface area contributed by atoms with E-state index in [2.05, 4.69) is 54.6 Å². The van der Waals surface area contributed by atoms with Crippen LogP contribution in [0, 0.1) is 0 Å². The van der Waals surface area contributed by atoms with Crippen molar-refractivity contribution in [2.24, 2.45) is 0 Å². The van der Waals surface area contributed by atoms with Gasteiger partial charge in [-0.1, -0.05) is 54.6 Å². The molecule has 0 radical (unpaired) electrons. The van der Waals surface area contributed by atoms with Gasteiger partial charge in [0.1, 0.15) is 11.7 Å². The topological polar surface area (TPSA) is 12.5 Å². The number of ether oxygens (including phenoxy) is 1. The Balaban J connectivity index is 1.82. The second kappa shape index (κ2) is 2.74. The highest BCUT2D eigenvalue weighted by Gasteiger charge is 2.62. The van der Waals surface area contributed by atoms with Crippen LogP contribution in [0.5, 0.6) is 0 Å². The molecule has 2 aliphatic rings. The summed E-state index contributed by atoms with van der Waals surface area (Å²) in [6, 6.07) is 19.2. The Labute approximate surface area is 94.7 Å². The third kappa shape index (κ3) is 0.940. The Bertz CT molecular complexity index is 546. The molecule has 0 amide bonds. The first-order valence-electron chi connectivity index (χ1n) is 5.71. The van der Waals surface area contributed by atoms with E-state index in [0.29, 0.717) is 6.10 Å². The summed E-state index contributed by atoms with van der Waals surface area (Å²) in [6.07, 6.45) is 1.32. The van der Waals surface area contributed by atoms with E-state index in [4.69, 9.17) is 4.74 Å². The molecule has 0 N–H and O–H groups in total. The van der Waals surface area contributed by atoms with Crippen LogP contribution in [0.3, 0.4) is 0 Å². The predicted molar refractivity (Wildman–Crippen MR) is 62.1 cm³/mol. The van der Waals surface area contributed by atoms with Crippen molar-refractivity contribution in [3.8, 4) is 0 Å². The first-order chi connectivity index (χ1) is 7.90. The molecule has 1 fully saturated rings. The number of rotatable bonds is 1. The van der Waals surface area contributed by atoms with Crippen LogP contribution < -0.4 is 0 Å². The van der Waals surface area contributed by atoms with E-state index in [1.807, 2.05) is 0 Å². The number of hydrogen-bond acceptors (Lipinski definition) is 1. The van der Waals surface area contributed by atoms with E-state index >= 15 is 0 Å². The van der Waals surface area contributed by atoms with Gasteiger partial charge in [-0.15, -0.1) is 0 Å². The average molecular weight is 208 g/mol. The van der Waals surface area contributed by atoms with Crippen molar-refractivity contribution in [2.45, 2.75) is 18.1 Å². The number of fused-ring (bicyclic) bond motifs is 3. The summed E-state index contributed by atoms with van der Waals surface area (Å²) < 4.78 is 5.95. The normalized spacial score (nSPS) is 29.6. The van der Waals surface area contributed by atoms with Gasteiger partial charge >= 0.3 is 0 Å². The fraction of sp³-hybridized carbons (Fsp3) is 0.200. The van der Waals surface area contributed by atoms with E-state index in [0.717, 1.165) is 6.42 Å². The maximum absolute atomic E-state index is 5.95. The fourth-order valence-corrected chi connectivity index (χ4v) is 2.90. The summed E-state index contributed by atoms with van der Waals surface area (Å²) in [6.45, 7) is 0. The van der Waals surface area contributed by atoms with Gasteiger partial charge in [0.15, 0.2) is 0 Å². The molecule has 2 aromatic carbocycles. The van der Waals surface area contributed by atoms with Gasteiger partial charge in [-0.05, 0) is 16.7 Å². The van der Waals surface area contributed by atoms with Gasteiger partial charge in [0, 0.05) is 6.42 Å². The zero-order valence-corrected chi connectivity index (χ0v) is 8.89. The van der Waals surface area contributed by atoms with Crippen LogP contribution in [-0.2, 0) is 16.8 Å². The molecule has 0 saturated carbocycles. The minimum Gasteiger partial charge on any atom is -0.355 e. The largest absolute Gasteiger partial charge is 0.355 e. The summed E-state index contributed by atoms with van der Waals surface area (Å²) in [7, 11) is 0. The quantitative estimate of drug-likeness (QED) is 0.655. The number of epoxide rings is 1. The van der Waals surface area contributed by atoms with Crippen LogP contribution in [0.1, 0.15) is 22.8 Å². The third-order valence-corrected chi connectivity index (χ3v) is 3.75. The van der Waals surface area contributed by atoms with Crippen LogP contribution in [0.25, 0.3) is 0 Å². The SMILES string of the molecule is c1ccc([C@@]23Cc4ccccc4[C@@H]2O3)cc1. The molecule has 2 aromatic rings. The standard InChI is InChI=1S/C15H12O/c1-2-7-12(8-3-1)15-10-11-6-4-5-9-13(11)14(15)16-15/h1-9,14H,10H2/t14-,15-/m0/s1. The van der Waals surface area contributed by atoms with Gasteiger partial charge in [0.05, 0.1) is 0 Å². The Morgan fingerprint density at radius 3 is 2.50 bits per heavy atom. The predicted octanol–water partition coefficient (Wildman–Crippen LogP) is 3.21. The van der Waals surface area contributed by atoms with Gasteiger partial charge in [-0.2, -0.15) is 0 Å². The van der Waals surface area contributed by atoms with E-state index in [9.17, 15) is 0 Å². The monoisotopic (exact) mass is 208 g/mol. The highest BCUT2D eigenvalue weighted by Crippen LogP contribution is 2.64. The first-order valence-corrected chi connectivity index (χ1v) is 5.71. The summed E-state index contributed by atoms with van der Waals surface area (Å²) in [5, 5.41) is 0. The molecule has 2 atom stereocenters. The molecule has 1 heterocycles. The molecule has 1 aliphatic carbocycles. The molecule has 1 heteroatoms. The maximum Gasteiger partial charge on any atom is 0.128 e. The van der Waals surface area contributed by atoms with Gasteiger partial charge in [0.25, 0.3) is 0 Å². The second-order valence-electron chi connectivity index (χ2n) is 4.63. The molecule has 0 bridgehead atoms. The van der Waals surface area contributed by atoms with Crippen molar-refractivity contribution in [1.29, 1.82) is 0 Å². The van der Waals surface area contributed by atoms with Crippen LogP contribution >= 0.6 is 0 Å². The van der Waals surface area contributed by atoms with Crippen molar-refractivity contribution in [3.63, 3.8) is 0 Å². The summed E-state index contributed by atoms with van der Waals surface area (Å²) in [5.74, 6) is 0.